The predicted molar refractivity (Wildman–Crippen MR) is 73.8 cm³/mol. The number of hydrazine groups is 1. The molecule has 0 heterocycles. The van der Waals surface area contributed by atoms with Gasteiger partial charge in [-0.05, 0) is 48.8 Å². The Morgan fingerprint density at radius 2 is 1.84 bits per heavy atom. The van der Waals surface area contributed by atoms with Crippen molar-refractivity contribution in [2.75, 3.05) is 0 Å². The highest BCUT2D eigenvalue weighted by Crippen LogP contribution is 2.20. The standard InChI is InChI=1S/C11H15BrN2O4S/c1-11(2,3)18-10(15)13-14-19(16,17)9-7-5-4-6-8(9)12/h4-7,14H,1-3H3,(H,13,15). The van der Waals surface area contributed by atoms with Crippen LogP contribution in [-0.2, 0) is 14.8 Å². The van der Waals surface area contributed by atoms with Crippen LogP contribution in [-0.4, -0.2) is 20.1 Å². The van der Waals surface area contributed by atoms with Crippen LogP contribution in [0, 0.1) is 0 Å². The zero-order chi connectivity index (χ0) is 14.7. The maximum Gasteiger partial charge on any atom is 0.423 e. The summed E-state index contributed by atoms with van der Waals surface area (Å²) < 4.78 is 29.1. The Bertz CT molecular complexity index is 566. The summed E-state index contributed by atoms with van der Waals surface area (Å²) in [5.41, 5.74) is 1.28. The molecule has 0 unspecified atom stereocenters. The minimum atomic E-state index is -3.85. The summed E-state index contributed by atoms with van der Waals surface area (Å²) in [6.07, 6.45) is -0.872. The lowest BCUT2D eigenvalue weighted by Gasteiger charge is -2.19. The molecule has 0 saturated heterocycles. The lowest BCUT2D eigenvalue weighted by atomic mass is 10.2. The SMILES string of the molecule is CC(C)(C)OC(=O)NNS(=O)(=O)c1ccccc1Br. The first-order valence-corrected chi connectivity index (χ1v) is 7.65. The summed E-state index contributed by atoms with van der Waals surface area (Å²) in [5, 5.41) is 0. The van der Waals surface area contributed by atoms with E-state index in [1.54, 1.807) is 39.0 Å². The van der Waals surface area contributed by atoms with Crippen LogP contribution in [0.2, 0.25) is 0 Å². The third kappa shape index (κ3) is 5.17. The molecule has 8 heteroatoms. The van der Waals surface area contributed by atoms with Gasteiger partial charge >= 0.3 is 6.09 Å². The van der Waals surface area contributed by atoms with Gasteiger partial charge in [-0.3, -0.25) is 0 Å². The van der Waals surface area contributed by atoms with Crippen LogP contribution in [0.5, 0.6) is 0 Å². The first-order chi connectivity index (χ1) is 8.62. The zero-order valence-corrected chi connectivity index (χ0v) is 13.1. The number of halogens is 1. The molecule has 0 bridgehead atoms. The van der Waals surface area contributed by atoms with Gasteiger partial charge in [-0.15, -0.1) is 4.83 Å². The van der Waals surface area contributed by atoms with Crippen molar-refractivity contribution in [3.05, 3.63) is 28.7 Å². The molecule has 0 atom stereocenters. The molecule has 1 amide bonds. The Kier molecular flexibility index (Phi) is 4.94. The normalized spacial score (nSPS) is 12.0. The highest BCUT2D eigenvalue weighted by atomic mass is 79.9. The van der Waals surface area contributed by atoms with E-state index in [1.807, 2.05) is 10.3 Å². The van der Waals surface area contributed by atoms with E-state index in [0.717, 1.165) is 0 Å². The molecule has 0 aliphatic carbocycles. The van der Waals surface area contributed by atoms with E-state index in [4.69, 9.17) is 4.74 Å². The molecule has 2 N–H and O–H groups in total. The topological polar surface area (TPSA) is 84.5 Å². The summed E-state index contributed by atoms with van der Waals surface area (Å²) in [5.74, 6) is 0. The van der Waals surface area contributed by atoms with Gasteiger partial charge in [0.2, 0.25) is 0 Å². The monoisotopic (exact) mass is 350 g/mol. The fraction of sp³-hybridized carbons (Fsp3) is 0.364. The van der Waals surface area contributed by atoms with Crippen LogP contribution in [0.15, 0.2) is 33.6 Å². The largest absolute Gasteiger partial charge is 0.443 e. The number of benzene rings is 1. The average molecular weight is 351 g/mol. The summed E-state index contributed by atoms with van der Waals surface area (Å²) in [6, 6.07) is 6.25. The van der Waals surface area contributed by atoms with E-state index in [1.165, 1.54) is 6.07 Å². The van der Waals surface area contributed by atoms with E-state index in [0.29, 0.717) is 4.47 Å². The fourth-order valence-electron chi connectivity index (χ4n) is 1.13. The second-order valence-electron chi connectivity index (χ2n) is 4.66. The number of ether oxygens (including phenoxy) is 1. The maximum absolute atomic E-state index is 11.9. The molecule has 0 aliphatic heterocycles. The molecule has 1 rings (SSSR count). The van der Waals surface area contributed by atoms with Gasteiger partial charge in [-0.25, -0.2) is 18.6 Å². The second kappa shape index (κ2) is 5.89. The first kappa shape index (κ1) is 15.9. The van der Waals surface area contributed by atoms with Crippen molar-refractivity contribution in [2.45, 2.75) is 31.3 Å². The zero-order valence-electron chi connectivity index (χ0n) is 10.7. The summed E-state index contributed by atoms with van der Waals surface area (Å²) in [6.45, 7) is 5.03. The Morgan fingerprint density at radius 1 is 1.26 bits per heavy atom. The Hall–Kier alpha value is -1.12. The van der Waals surface area contributed by atoms with E-state index in [2.05, 4.69) is 15.9 Å². The molecule has 0 fully saturated rings. The highest BCUT2D eigenvalue weighted by Gasteiger charge is 2.20. The van der Waals surface area contributed by atoms with Crippen molar-refractivity contribution in [1.29, 1.82) is 0 Å². The third-order valence-electron chi connectivity index (χ3n) is 1.81. The van der Waals surface area contributed by atoms with Crippen molar-refractivity contribution in [1.82, 2.24) is 10.3 Å². The molecule has 0 spiro atoms. The van der Waals surface area contributed by atoms with Gasteiger partial charge in [0.25, 0.3) is 10.0 Å². The van der Waals surface area contributed by atoms with Gasteiger partial charge in [0.05, 0.1) is 4.90 Å². The van der Waals surface area contributed by atoms with Gasteiger partial charge in [-0.2, -0.15) is 0 Å². The molecule has 0 saturated carbocycles. The molecular formula is C11H15BrN2O4S. The summed E-state index contributed by atoms with van der Waals surface area (Å²) in [4.78, 5) is 13.3. The van der Waals surface area contributed by atoms with Crippen LogP contribution >= 0.6 is 15.9 Å². The van der Waals surface area contributed by atoms with E-state index in [-0.39, 0.29) is 4.90 Å². The number of nitrogens with one attached hydrogen (secondary N) is 2. The molecule has 106 valence electrons. The Morgan fingerprint density at radius 3 is 2.37 bits per heavy atom. The molecule has 0 radical (unpaired) electrons. The van der Waals surface area contributed by atoms with Crippen LogP contribution in [0.4, 0.5) is 4.79 Å². The minimum Gasteiger partial charge on any atom is -0.443 e. The molecular weight excluding hydrogens is 336 g/mol. The van der Waals surface area contributed by atoms with E-state index < -0.39 is 21.7 Å². The predicted octanol–water partition coefficient (Wildman–Crippen LogP) is 2.17. The maximum atomic E-state index is 11.9. The van der Waals surface area contributed by atoms with Crippen LogP contribution in [0.1, 0.15) is 20.8 Å². The van der Waals surface area contributed by atoms with Gasteiger partial charge in [-0.1, -0.05) is 12.1 Å². The lowest BCUT2D eigenvalue weighted by molar-refractivity contribution is 0.0515. The third-order valence-corrected chi connectivity index (χ3v) is 4.07. The van der Waals surface area contributed by atoms with E-state index in [9.17, 15) is 13.2 Å². The van der Waals surface area contributed by atoms with Crippen LogP contribution < -0.4 is 10.3 Å². The summed E-state index contributed by atoms with van der Waals surface area (Å²) >= 11 is 3.12. The van der Waals surface area contributed by atoms with Crippen LogP contribution in [0.25, 0.3) is 0 Å². The average Bonchev–Trinajstić information content (AvgIpc) is 2.24. The molecule has 19 heavy (non-hydrogen) atoms. The smallest absolute Gasteiger partial charge is 0.423 e. The number of hydrogen-bond donors (Lipinski definition) is 2. The first-order valence-electron chi connectivity index (χ1n) is 5.37. The lowest BCUT2D eigenvalue weighted by Crippen LogP contribution is -2.44. The van der Waals surface area contributed by atoms with Crippen LogP contribution in [0.3, 0.4) is 0 Å². The minimum absolute atomic E-state index is 0.0195. The Balaban J connectivity index is 2.72. The molecule has 0 aliphatic rings. The van der Waals surface area contributed by atoms with Crippen molar-refractivity contribution < 1.29 is 17.9 Å². The van der Waals surface area contributed by atoms with Crippen molar-refractivity contribution >= 4 is 32.0 Å². The highest BCUT2D eigenvalue weighted by molar-refractivity contribution is 9.10. The van der Waals surface area contributed by atoms with Gasteiger partial charge < -0.3 is 4.74 Å². The van der Waals surface area contributed by atoms with Crippen molar-refractivity contribution in [3.63, 3.8) is 0 Å². The summed E-state index contributed by atoms with van der Waals surface area (Å²) in [7, 11) is -3.85. The number of carbonyl (C=O) groups excluding carboxylic acids is 1. The van der Waals surface area contributed by atoms with Crippen molar-refractivity contribution in [3.8, 4) is 0 Å². The number of rotatable bonds is 3. The fourth-order valence-corrected chi connectivity index (χ4v) is 2.96. The van der Waals surface area contributed by atoms with Crippen molar-refractivity contribution in [2.24, 2.45) is 0 Å². The Labute approximate surface area is 120 Å². The molecule has 6 nitrogen and oxygen atoms in total. The number of hydrogen-bond acceptors (Lipinski definition) is 4. The van der Waals surface area contributed by atoms with Gasteiger partial charge in [0.1, 0.15) is 5.60 Å². The molecule has 1 aromatic carbocycles. The number of carbonyl (C=O) groups is 1. The van der Waals surface area contributed by atoms with Gasteiger partial charge in [0, 0.05) is 4.47 Å². The number of sulfonamides is 1. The molecule has 1 aromatic rings. The van der Waals surface area contributed by atoms with E-state index >= 15 is 0 Å². The molecule has 0 aromatic heterocycles. The second-order valence-corrected chi connectivity index (χ2v) is 7.17. The number of amides is 1. The van der Waals surface area contributed by atoms with Gasteiger partial charge in [0.15, 0.2) is 0 Å². The quantitative estimate of drug-likeness (QED) is 0.818.